The summed E-state index contributed by atoms with van der Waals surface area (Å²) in [5, 5.41) is 3.77. The number of benzene rings is 3. The number of anilines is 1. The minimum Gasteiger partial charge on any atom is -0.332 e. The minimum absolute atomic E-state index is 0.129. The molecule has 0 aliphatic heterocycles. The highest BCUT2D eigenvalue weighted by Gasteiger charge is 2.16. The van der Waals surface area contributed by atoms with Crippen LogP contribution in [0.1, 0.15) is 11.1 Å². The molecule has 2 heterocycles. The lowest BCUT2D eigenvalue weighted by atomic mass is 10.1. The van der Waals surface area contributed by atoms with Crippen LogP contribution in [0.3, 0.4) is 0 Å². The minimum atomic E-state index is -3.91. The maximum Gasteiger partial charge on any atom is 0.278 e. The predicted molar refractivity (Wildman–Crippen MR) is 133 cm³/mol. The first kappa shape index (κ1) is 23.7. The van der Waals surface area contributed by atoms with Crippen LogP contribution >= 0.6 is 11.6 Å². The van der Waals surface area contributed by atoms with Gasteiger partial charge in [0.1, 0.15) is 11.5 Å². The van der Waals surface area contributed by atoms with Crippen molar-refractivity contribution in [2.24, 2.45) is 0 Å². The number of aromatic nitrogens is 4. The molecule has 5 rings (SSSR count). The molecule has 0 radical (unpaired) electrons. The molecule has 2 aromatic heterocycles. The average Bonchev–Trinajstić information content (AvgIpc) is 3.52. The number of hydrogen-bond acceptors (Lipinski definition) is 6. The van der Waals surface area contributed by atoms with Crippen molar-refractivity contribution >= 4 is 27.3 Å². The van der Waals surface area contributed by atoms with E-state index in [1.54, 1.807) is 36.8 Å². The van der Waals surface area contributed by atoms with E-state index < -0.39 is 15.8 Å². The first-order valence-corrected chi connectivity index (χ1v) is 12.6. The van der Waals surface area contributed by atoms with Crippen molar-refractivity contribution in [3.05, 3.63) is 101 Å². The lowest BCUT2D eigenvalue weighted by Gasteiger charge is -2.10. The Morgan fingerprint density at radius 3 is 2.53 bits per heavy atom. The van der Waals surface area contributed by atoms with Gasteiger partial charge in [0, 0.05) is 24.0 Å². The molecule has 0 atom stereocenters. The summed E-state index contributed by atoms with van der Waals surface area (Å²) >= 11 is 5.71. The lowest BCUT2D eigenvalue weighted by molar-refractivity contribution is 0.431. The smallest absolute Gasteiger partial charge is 0.278 e. The third kappa shape index (κ3) is 5.14. The van der Waals surface area contributed by atoms with Crippen LogP contribution in [0.4, 0.5) is 10.1 Å². The van der Waals surface area contributed by atoms with Crippen LogP contribution in [0.2, 0.25) is 5.02 Å². The van der Waals surface area contributed by atoms with Crippen LogP contribution < -0.4 is 4.72 Å². The van der Waals surface area contributed by atoms with Gasteiger partial charge in [-0.2, -0.15) is 4.98 Å². The van der Waals surface area contributed by atoms with Gasteiger partial charge in [0.25, 0.3) is 15.9 Å². The molecule has 0 unspecified atom stereocenters. The maximum absolute atomic E-state index is 13.4. The van der Waals surface area contributed by atoms with E-state index in [1.807, 2.05) is 35.8 Å². The summed E-state index contributed by atoms with van der Waals surface area (Å²) in [7, 11) is -3.91. The number of sulfonamides is 1. The van der Waals surface area contributed by atoms with Crippen LogP contribution in [0.15, 0.2) is 88.7 Å². The van der Waals surface area contributed by atoms with Gasteiger partial charge in [-0.05, 0) is 42.8 Å². The Kier molecular flexibility index (Phi) is 6.29. The summed E-state index contributed by atoms with van der Waals surface area (Å²) in [5.74, 6) is 0.115. The second-order valence-corrected chi connectivity index (χ2v) is 10.2. The highest BCUT2D eigenvalue weighted by atomic mass is 35.5. The molecule has 36 heavy (non-hydrogen) atoms. The fraction of sp³-hybridized carbons (Fsp3) is 0.0800. The molecule has 182 valence electrons. The van der Waals surface area contributed by atoms with Crippen molar-refractivity contribution in [1.82, 2.24) is 19.7 Å². The lowest BCUT2D eigenvalue weighted by Crippen LogP contribution is -2.13. The second kappa shape index (κ2) is 9.56. The van der Waals surface area contributed by atoms with Crippen molar-refractivity contribution in [3.63, 3.8) is 0 Å². The molecule has 0 bridgehead atoms. The molecule has 0 aliphatic carbocycles. The number of hydrogen-bond donors (Lipinski definition) is 1. The van der Waals surface area contributed by atoms with E-state index in [9.17, 15) is 12.8 Å². The maximum atomic E-state index is 13.4. The zero-order chi connectivity index (χ0) is 25.3. The number of nitrogens with zero attached hydrogens (tertiary/aromatic N) is 4. The standard InChI is InChI=1S/C25H19ClFN5O3S/c1-16-2-6-18(7-3-16)24-29-25(35-30-24)23-14-32(15-28-23)13-17-4-8-19(9-5-17)31-36(33,34)20-10-11-22(27)21(26)12-20/h2-12,14-15,31H,13H2,1H3. The highest BCUT2D eigenvalue weighted by molar-refractivity contribution is 7.92. The number of halogens is 2. The predicted octanol–water partition coefficient (Wildman–Crippen LogP) is 5.55. The molecule has 1 N–H and O–H groups in total. The van der Waals surface area contributed by atoms with E-state index in [2.05, 4.69) is 19.8 Å². The molecule has 0 amide bonds. The van der Waals surface area contributed by atoms with Gasteiger partial charge in [-0.1, -0.05) is 58.7 Å². The van der Waals surface area contributed by atoms with E-state index in [1.165, 1.54) is 0 Å². The Morgan fingerprint density at radius 2 is 1.81 bits per heavy atom. The van der Waals surface area contributed by atoms with Gasteiger partial charge < -0.3 is 9.09 Å². The fourth-order valence-electron chi connectivity index (χ4n) is 3.45. The Hall–Kier alpha value is -4.02. The highest BCUT2D eigenvalue weighted by Crippen LogP contribution is 2.23. The van der Waals surface area contributed by atoms with E-state index in [0.717, 1.165) is 34.9 Å². The van der Waals surface area contributed by atoms with Crippen molar-refractivity contribution in [2.45, 2.75) is 18.4 Å². The molecule has 0 saturated heterocycles. The Morgan fingerprint density at radius 1 is 1.06 bits per heavy atom. The van der Waals surface area contributed by atoms with Gasteiger partial charge in [-0.25, -0.2) is 17.8 Å². The van der Waals surface area contributed by atoms with Crippen LogP contribution in [0.25, 0.3) is 23.0 Å². The van der Waals surface area contributed by atoms with Gasteiger partial charge in [-0.15, -0.1) is 0 Å². The zero-order valence-corrected chi connectivity index (χ0v) is 20.5. The van der Waals surface area contributed by atoms with Crippen LogP contribution in [0.5, 0.6) is 0 Å². The summed E-state index contributed by atoms with van der Waals surface area (Å²) in [6.07, 6.45) is 3.45. The Labute approximate surface area is 211 Å². The number of rotatable bonds is 7. The summed E-state index contributed by atoms with van der Waals surface area (Å²) in [6, 6.07) is 17.9. The molecule has 3 aromatic carbocycles. The molecule has 5 aromatic rings. The van der Waals surface area contributed by atoms with Crippen molar-refractivity contribution < 1.29 is 17.3 Å². The fourth-order valence-corrected chi connectivity index (χ4v) is 4.78. The topological polar surface area (TPSA) is 103 Å². The SMILES string of the molecule is Cc1ccc(-c2noc(-c3cn(Cc4ccc(NS(=O)(=O)c5ccc(F)c(Cl)c5)cc4)cn3)n2)cc1. The Bertz CT molecular complexity index is 1630. The molecular weight excluding hydrogens is 505 g/mol. The first-order chi connectivity index (χ1) is 17.3. The van der Waals surface area contributed by atoms with Crippen LogP contribution in [0, 0.1) is 12.7 Å². The van der Waals surface area contributed by atoms with Gasteiger partial charge in [0.05, 0.1) is 16.2 Å². The van der Waals surface area contributed by atoms with Gasteiger partial charge in [0.2, 0.25) is 5.82 Å². The van der Waals surface area contributed by atoms with E-state index >= 15 is 0 Å². The number of nitrogens with one attached hydrogen (secondary N) is 1. The monoisotopic (exact) mass is 523 g/mol. The molecule has 11 heteroatoms. The number of imidazole rings is 1. The van der Waals surface area contributed by atoms with Crippen molar-refractivity contribution in [1.29, 1.82) is 0 Å². The second-order valence-electron chi connectivity index (χ2n) is 8.10. The molecule has 0 fully saturated rings. The quantitative estimate of drug-likeness (QED) is 0.300. The van der Waals surface area contributed by atoms with Gasteiger partial charge in [0.15, 0.2) is 0 Å². The third-order valence-electron chi connectivity index (χ3n) is 5.36. The first-order valence-electron chi connectivity index (χ1n) is 10.8. The van der Waals surface area contributed by atoms with Crippen molar-refractivity contribution in [2.75, 3.05) is 4.72 Å². The zero-order valence-electron chi connectivity index (χ0n) is 18.9. The van der Waals surface area contributed by atoms with Gasteiger partial charge in [-0.3, -0.25) is 4.72 Å². The third-order valence-corrected chi connectivity index (χ3v) is 7.03. The molecule has 8 nitrogen and oxygen atoms in total. The van der Waals surface area contributed by atoms with E-state index in [4.69, 9.17) is 16.1 Å². The van der Waals surface area contributed by atoms with E-state index in [0.29, 0.717) is 29.6 Å². The number of aryl methyl sites for hydroxylation is 1. The molecular formula is C25H19ClFN5O3S. The summed E-state index contributed by atoms with van der Waals surface area (Å²) in [6.45, 7) is 2.50. The van der Waals surface area contributed by atoms with Crippen molar-refractivity contribution in [3.8, 4) is 23.0 Å². The summed E-state index contributed by atoms with van der Waals surface area (Å²) < 4.78 is 48.2. The average molecular weight is 524 g/mol. The van der Waals surface area contributed by atoms with Gasteiger partial charge >= 0.3 is 0 Å². The van der Waals surface area contributed by atoms with Crippen LogP contribution in [-0.2, 0) is 16.6 Å². The summed E-state index contributed by atoms with van der Waals surface area (Å²) in [5.41, 5.74) is 3.82. The van der Waals surface area contributed by atoms with Crippen LogP contribution in [-0.4, -0.2) is 28.1 Å². The summed E-state index contributed by atoms with van der Waals surface area (Å²) in [4.78, 5) is 8.66. The molecule has 0 aliphatic rings. The molecule has 0 spiro atoms. The Balaban J connectivity index is 1.25. The molecule has 0 saturated carbocycles. The largest absolute Gasteiger partial charge is 0.332 e. The van der Waals surface area contributed by atoms with E-state index in [-0.39, 0.29) is 9.92 Å². The normalized spacial score (nSPS) is 11.5.